The Hall–Kier alpha value is -0.260. The molecule has 0 aromatic carbocycles. The topological polar surface area (TPSA) is 0 Å². The Kier molecular flexibility index (Phi) is 2.98. The van der Waals surface area contributed by atoms with Crippen molar-refractivity contribution >= 4 is 0 Å². The first-order valence-electron chi connectivity index (χ1n) is 4.47. The molecule has 0 aromatic rings. The largest absolute Gasteiger partial charge is 0.0851 e. The van der Waals surface area contributed by atoms with E-state index in [-0.39, 0.29) is 0 Å². The Labute approximate surface area is 64.3 Å². The molecule has 1 fully saturated rings. The molecular formula is C10H18. The van der Waals surface area contributed by atoms with Crippen LogP contribution < -0.4 is 0 Å². The molecule has 1 aliphatic carbocycles. The van der Waals surface area contributed by atoms with Gasteiger partial charge >= 0.3 is 0 Å². The molecule has 0 nitrogen and oxygen atoms in total. The highest BCUT2D eigenvalue weighted by molar-refractivity contribution is 5.05. The van der Waals surface area contributed by atoms with E-state index in [0.717, 1.165) is 5.92 Å². The smallest absolute Gasteiger partial charge is 0.0320 e. The van der Waals surface area contributed by atoms with Gasteiger partial charge in [-0.25, -0.2) is 0 Å². The number of hydrogen-bond acceptors (Lipinski definition) is 0. The molecule has 10 heavy (non-hydrogen) atoms. The molecule has 1 aliphatic rings. The molecule has 0 heterocycles. The van der Waals surface area contributed by atoms with Crippen molar-refractivity contribution in [2.45, 2.75) is 46.0 Å². The van der Waals surface area contributed by atoms with Gasteiger partial charge in [-0.05, 0) is 38.0 Å². The maximum absolute atomic E-state index is 2.46. The van der Waals surface area contributed by atoms with Gasteiger partial charge in [-0.2, -0.15) is 0 Å². The van der Waals surface area contributed by atoms with Gasteiger partial charge in [0, 0.05) is 0 Å². The summed E-state index contributed by atoms with van der Waals surface area (Å²) < 4.78 is 0. The van der Waals surface area contributed by atoms with Gasteiger partial charge in [-0.3, -0.25) is 0 Å². The van der Waals surface area contributed by atoms with Crippen LogP contribution in [0.1, 0.15) is 46.0 Å². The van der Waals surface area contributed by atoms with E-state index in [0.29, 0.717) is 0 Å². The minimum absolute atomic E-state index is 0.841. The van der Waals surface area contributed by atoms with Crippen LogP contribution in [0.15, 0.2) is 11.6 Å². The van der Waals surface area contributed by atoms with Crippen LogP contribution in [-0.4, -0.2) is 0 Å². The molecule has 0 saturated heterocycles. The molecule has 0 heteroatoms. The summed E-state index contributed by atoms with van der Waals surface area (Å²) in [6.45, 7) is 4.57. The quantitative estimate of drug-likeness (QED) is 0.512. The van der Waals surface area contributed by atoms with Crippen molar-refractivity contribution in [3.8, 4) is 0 Å². The third-order valence-electron chi connectivity index (χ3n) is 2.12. The highest BCUT2D eigenvalue weighted by atomic mass is 14.1. The molecule has 0 atom stereocenters. The predicted octanol–water partition coefficient (Wildman–Crippen LogP) is 3.53. The molecule has 0 N–H and O–H groups in total. The highest BCUT2D eigenvalue weighted by Crippen LogP contribution is 2.24. The van der Waals surface area contributed by atoms with E-state index in [1.807, 2.05) is 0 Å². The maximum atomic E-state index is 2.46. The fraction of sp³-hybridized carbons (Fsp3) is 0.800. The molecule has 1 rings (SSSR count). The van der Waals surface area contributed by atoms with Crippen molar-refractivity contribution in [3.05, 3.63) is 11.6 Å². The third-order valence-corrected chi connectivity index (χ3v) is 2.12. The van der Waals surface area contributed by atoms with Gasteiger partial charge in [-0.1, -0.05) is 25.5 Å². The highest BCUT2D eigenvalue weighted by Gasteiger charge is 2.05. The average Bonchev–Trinajstić information content (AvgIpc) is 2.34. The molecule has 1 saturated carbocycles. The Morgan fingerprint density at radius 2 is 1.90 bits per heavy atom. The molecule has 0 unspecified atom stereocenters. The van der Waals surface area contributed by atoms with Gasteiger partial charge in [0.15, 0.2) is 0 Å². The van der Waals surface area contributed by atoms with E-state index in [4.69, 9.17) is 0 Å². The van der Waals surface area contributed by atoms with E-state index in [2.05, 4.69) is 19.9 Å². The lowest BCUT2D eigenvalue weighted by Crippen LogP contribution is -1.83. The second kappa shape index (κ2) is 3.80. The van der Waals surface area contributed by atoms with Gasteiger partial charge in [-0.15, -0.1) is 0 Å². The summed E-state index contributed by atoms with van der Waals surface area (Å²) in [4.78, 5) is 0. The summed E-state index contributed by atoms with van der Waals surface area (Å²) in [6, 6.07) is 0. The first-order chi connectivity index (χ1) is 4.79. The Bertz CT molecular complexity index is 112. The zero-order chi connectivity index (χ0) is 7.40. The van der Waals surface area contributed by atoms with Crippen LogP contribution in [0.5, 0.6) is 0 Å². The van der Waals surface area contributed by atoms with Crippen molar-refractivity contribution in [3.63, 3.8) is 0 Å². The monoisotopic (exact) mass is 138 g/mol. The van der Waals surface area contributed by atoms with Crippen molar-refractivity contribution in [1.82, 2.24) is 0 Å². The van der Waals surface area contributed by atoms with Crippen LogP contribution in [0.4, 0.5) is 0 Å². The average molecular weight is 138 g/mol. The zero-order valence-corrected chi connectivity index (χ0v) is 7.19. The SMILES string of the molecule is CC(C)CC=C1CCCC1. The van der Waals surface area contributed by atoms with Crippen molar-refractivity contribution in [1.29, 1.82) is 0 Å². The Balaban J connectivity index is 2.25. The van der Waals surface area contributed by atoms with Crippen LogP contribution in [0.25, 0.3) is 0 Å². The molecule has 58 valence electrons. The summed E-state index contributed by atoms with van der Waals surface area (Å²) in [6.07, 6.45) is 9.38. The van der Waals surface area contributed by atoms with E-state index < -0.39 is 0 Å². The number of rotatable bonds is 2. The standard InChI is InChI=1S/C10H18/c1-9(2)7-8-10-5-3-4-6-10/h8-9H,3-7H2,1-2H3. The second-order valence-corrected chi connectivity index (χ2v) is 3.70. The first-order valence-corrected chi connectivity index (χ1v) is 4.47. The predicted molar refractivity (Wildman–Crippen MR) is 46.0 cm³/mol. The summed E-state index contributed by atoms with van der Waals surface area (Å²) >= 11 is 0. The minimum atomic E-state index is 0.841. The van der Waals surface area contributed by atoms with E-state index in [9.17, 15) is 0 Å². The molecule has 0 amide bonds. The lowest BCUT2D eigenvalue weighted by atomic mass is 10.1. The minimum Gasteiger partial charge on any atom is -0.0851 e. The molecule has 0 bridgehead atoms. The molecule has 0 aliphatic heterocycles. The van der Waals surface area contributed by atoms with Crippen molar-refractivity contribution in [2.24, 2.45) is 5.92 Å². The van der Waals surface area contributed by atoms with E-state index in [1.165, 1.54) is 32.1 Å². The molecule has 0 radical (unpaired) electrons. The van der Waals surface area contributed by atoms with Crippen LogP contribution >= 0.6 is 0 Å². The van der Waals surface area contributed by atoms with Gasteiger partial charge in [0.2, 0.25) is 0 Å². The van der Waals surface area contributed by atoms with Crippen LogP contribution in [0.2, 0.25) is 0 Å². The molecular weight excluding hydrogens is 120 g/mol. The van der Waals surface area contributed by atoms with Gasteiger partial charge in [0.1, 0.15) is 0 Å². The second-order valence-electron chi connectivity index (χ2n) is 3.70. The lowest BCUT2D eigenvalue weighted by Gasteiger charge is -1.99. The van der Waals surface area contributed by atoms with Gasteiger partial charge in [0.05, 0.1) is 0 Å². The summed E-state index contributed by atoms with van der Waals surface area (Å²) in [7, 11) is 0. The summed E-state index contributed by atoms with van der Waals surface area (Å²) in [5.41, 5.74) is 1.72. The summed E-state index contributed by atoms with van der Waals surface area (Å²) in [5, 5.41) is 0. The van der Waals surface area contributed by atoms with Crippen LogP contribution in [-0.2, 0) is 0 Å². The fourth-order valence-corrected chi connectivity index (χ4v) is 1.44. The van der Waals surface area contributed by atoms with E-state index in [1.54, 1.807) is 5.57 Å². The normalized spacial score (nSPS) is 18.5. The van der Waals surface area contributed by atoms with Crippen molar-refractivity contribution < 1.29 is 0 Å². The third kappa shape index (κ3) is 2.55. The summed E-state index contributed by atoms with van der Waals surface area (Å²) in [5.74, 6) is 0.841. The number of hydrogen-bond donors (Lipinski definition) is 0. The Morgan fingerprint density at radius 1 is 1.30 bits per heavy atom. The molecule has 0 spiro atoms. The zero-order valence-electron chi connectivity index (χ0n) is 7.19. The molecule has 0 aromatic heterocycles. The number of allylic oxidation sites excluding steroid dienone is 2. The lowest BCUT2D eigenvalue weighted by molar-refractivity contribution is 0.659. The fourth-order valence-electron chi connectivity index (χ4n) is 1.44. The van der Waals surface area contributed by atoms with E-state index >= 15 is 0 Å². The maximum Gasteiger partial charge on any atom is -0.0320 e. The van der Waals surface area contributed by atoms with Crippen molar-refractivity contribution in [2.75, 3.05) is 0 Å². The Morgan fingerprint density at radius 3 is 2.40 bits per heavy atom. The van der Waals surface area contributed by atoms with Crippen LogP contribution in [0.3, 0.4) is 0 Å². The van der Waals surface area contributed by atoms with Gasteiger partial charge in [0.25, 0.3) is 0 Å². The van der Waals surface area contributed by atoms with Gasteiger partial charge < -0.3 is 0 Å². The van der Waals surface area contributed by atoms with Crippen LogP contribution in [0, 0.1) is 5.92 Å². The first kappa shape index (κ1) is 7.84.